The second-order valence-corrected chi connectivity index (χ2v) is 7.14. The van der Waals surface area contributed by atoms with E-state index in [0.29, 0.717) is 27.4 Å². The summed E-state index contributed by atoms with van der Waals surface area (Å²) in [4.78, 5) is 15.2. The smallest absolute Gasteiger partial charge is 0.266 e. The molecule has 20 heavy (non-hydrogen) atoms. The van der Waals surface area contributed by atoms with Crippen molar-refractivity contribution in [1.29, 1.82) is 0 Å². The number of carbonyl (C=O) groups excluding carboxylic acids is 1. The normalized spacial score (nSPS) is 22.6. The zero-order valence-electron chi connectivity index (χ0n) is 11.5. The van der Waals surface area contributed by atoms with Gasteiger partial charge in [0, 0.05) is 28.2 Å². The Bertz CT molecular complexity index is 672. The Labute approximate surface area is 127 Å². The minimum atomic E-state index is 0.0519. The maximum absolute atomic E-state index is 12.6. The number of halogens is 1. The minimum absolute atomic E-state index is 0.0519. The highest BCUT2D eigenvalue weighted by molar-refractivity contribution is 7.21. The van der Waals surface area contributed by atoms with Crippen LogP contribution in [0.25, 0.3) is 10.1 Å². The molecule has 2 aromatic rings. The van der Waals surface area contributed by atoms with Gasteiger partial charge >= 0.3 is 0 Å². The van der Waals surface area contributed by atoms with Gasteiger partial charge in [-0.05, 0) is 30.0 Å². The van der Waals surface area contributed by atoms with Gasteiger partial charge in [-0.1, -0.05) is 25.4 Å². The van der Waals surface area contributed by atoms with Crippen LogP contribution >= 0.6 is 22.9 Å². The highest BCUT2D eigenvalue weighted by Crippen LogP contribution is 2.37. The van der Waals surface area contributed by atoms with Crippen molar-refractivity contribution in [1.82, 2.24) is 4.90 Å². The molecule has 1 amide bonds. The van der Waals surface area contributed by atoms with E-state index in [2.05, 4.69) is 13.8 Å². The number of likely N-dealkylation sites (tertiary alicyclic amines) is 1. The number of thiophene rings is 1. The number of carbonyl (C=O) groups is 1. The van der Waals surface area contributed by atoms with E-state index in [0.717, 1.165) is 23.2 Å². The summed E-state index contributed by atoms with van der Waals surface area (Å²) in [7, 11) is 0. The second-order valence-electron chi connectivity index (χ2n) is 5.65. The lowest BCUT2D eigenvalue weighted by molar-refractivity contribution is 0.0791. The van der Waals surface area contributed by atoms with Gasteiger partial charge in [-0.25, -0.2) is 0 Å². The van der Waals surface area contributed by atoms with Crippen LogP contribution in [0, 0.1) is 11.8 Å². The number of hydrogen-bond acceptors (Lipinski definition) is 3. The molecule has 106 valence electrons. The van der Waals surface area contributed by atoms with E-state index < -0.39 is 0 Å². The fourth-order valence-corrected chi connectivity index (χ4v) is 4.06. The number of fused-ring (bicyclic) bond motifs is 1. The summed E-state index contributed by atoms with van der Waals surface area (Å²) in [6, 6.07) is 5.56. The summed E-state index contributed by atoms with van der Waals surface area (Å²) >= 11 is 7.43. The number of anilines is 1. The molecule has 1 aliphatic heterocycles. The van der Waals surface area contributed by atoms with Gasteiger partial charge in [0.2, 0.25) is 0 Å². The zero-order chi connectivity index (χ0) is 14.4. The molecule has 5 heteroatoms. The van der Waals surface area contributed by atoms with Gasteiger partial charge < -0.3 is 10.6 Å². The summed E-state index contributed by atoms with van der Waals surface area (Å²) in [6.45, 7) is 6.00. The summed E-state index contributed by atoms with van der Waals surface area (Å²) in [5.74, 6) is 1.14. The van der Waals surface area contributed by atoms with Gasteiger partial charge in [0.1, 0.15) is 4.88 Å². The quantitative estimate of drug-likeness (QED) is 0.869. The zero-order valence-corrected chi connectivity index (χ0v) is 13.1. The van der Waals surface area contributed by atoms with Crippen LogP contribution in [0.3, 0.4) is 0 Å². The van der Waals surface area contributed by atoms with Crippen LogP contribution in [0.15, 0.2) is 18.2 Å². The lowest BCUT2D eigenvalue weighted by Gasteiger charge is -2.15. The lowest BCUT2D eigenvalue weighted by Crippen LogP contribution is -2.28. The van der Waals surface area contributed by atoms with Crippen molar-refractivity contribution in [2.45, 2.75) is 13.8 Å². The largest absolute Gasteiger partial charge is 0.397 e. The van der Waals surface area contributed by atoms with Crippen molar-refractivity contribution < 1.29 is 4.79 Å². The summed E-state index contributed by atoms with van der Waals surface area (Å²) in [5, 5.41) is 1.59. The molecule has 2 atom stereocenters. The number of benzene rings is 1. The number of nitrogen functional groups attached to an aromatic ring is 1. The van der Waals surface area contributed by atoms with Crippen LogP contribution in [-0.4, -0.2) is 23.9 Å². The molecule has 0 saturated carbocycles. The molecule has 1 fully saturated rings. The Kier molecular flexibility index (Phi) is 3.38. The molecule has 2 heterocycles. The average Bonchev–Trinajstić information content (AvgIpc) is 2.90. The SMILES string of the molecule is CC1CN(C(=O)c2sc3cc(Cl)ccc3c2N)CC1C. The summed E-state index contributed by atoms with van der Waals surface area (Å²) in [6.07, 6.45) is 0. The van der Waals surface area contributed by atoms with E-state index in [9.17, 15) is 4.79 Å². The maximum Gasteiger partial charge on any atom is 0.266 e. The molecule has 0 bridgehead atoms. The Morgan fingerprint density at radius 1 is 1.35 bits per heavy atom. The first kappa shape index (κ1) is 13.7. The van der Waals surface area contributed by atoms with Gasteiger partial charge in [-0.15, -0.1) is 11.3 Å². The first-order valence-corrected chi connectivity index (χ1v) is 7.93. The van der Waals surface area contributed by atoms with Crippen molar-refractivity contribution in [3.05, 3.63) is 28.1 Å². The number of hydrogen-bond donors (Lipinski definition) is 1. The number of amides is 1. The first-order chi connectivity index (χ1) is 9.47. The number of nitrogens with two attached hydrogens (primary N) is 1. The lowest BCUT2D eigenvalue weighted by atomic mass is 10.0. The Morgan fingerprint density at radius 2 is 2.00 bits per heavy atom. The summed E-state index contributed by atoms with van der Waals surface area (Å²) < 4.78 is 0.971. The highest BCUT2D eigenvalue weighted by Gasteiger charge is 2.31. The Morgan fingerprint density at radius 3 is 2.65 bits per heavy atom. The Hall–Kier alpha value is -1.26. The molecular formula is C15H17ClN2OS. The second kappa shape index (κ2) is 4.93. The van der Waals surface area contributed by atoms with Crippen molar-refractivity contribution >= 4 is 44.6 Å². The predicted molar refractivity (Wildman–Crippen MR) is 85.5 cm³/mol. The molecule has 1 aromatic carbocycles. The third kappa shape index (κ3) is 2.17. The fourth-order valence-electron chi connectivity index (χ4n) is 2.69. The molecule has 0 spiro atoms. The fraction of sp³-hybridized carbons (Fsp3) is 0.400. The number of rotatable bonds is 1. The average molecular weight is 309 g/mol. The molecule has 2 N–H and O–H groups in total. The molecule has 0 aliphatic carbocycles. The maximum atomic E-state index is 12.6. The highest BCUT2D eigenvalue weighted by atomic mass is 35.5. The van der Waals surface area contributed by atoms with Crippen LogP contribution in [-0.2, 0) is 0 Å². The standard InChI is InChI=1S/C15H17ClN2OS/c1-8-6-18(7-9(8)2)15(19)14-13(17)11-4-3-10(16)5-12(11)20-14/h3-5,8-9H,6-7,17H2,1-2H3. The molecular weight excluding hydrogens is 292 g/mol. The first-order valence-electron chi connectivity index (χ1n) is 6.74. The van der Waals surface area contributed by atoms with Crippen LogP contribution in [0.4, 0.5) is 5.69 Å². The molecule has 3 nitrogen and oxygen atoms in total. The Balaban J connectivity index is 1.98. The number of nitrogens with zero attached hydrogens (tertiary/aromatic N) is 1. The van der Waals surface area contributed by atoms with Gasteiger partial charge in [-0.2, -0.15) is 0 Å². The van der Waals surface area contributed by atoms with Gasteiger partial charge in [0.15, 0.2) is 0 Å². The van der Waals surface area contributed by atoms with Crippen LogP contribution in [0.5, 0.6) is 0 Å². The topological polar surface area (TPSA) is 46.3 Å². The van der Waals surface area contributed by atoms with Crippen LogP contribution in [0.1, 0.15) is 23.5 Å². The monoisotopic (exact) mass is 308 g/mol. The van der Waals surface area contributed by atoms with Crippen molar-refractivity contribution in [3.63, 3.8) is 0 Å². The molecule has 1 aliphatic rings. The van der Waals surface area contributed by atoms with Gasteiger partial charge in [0.25, 0.3) is 5.91 Å². The van der Waals surface area contributed by atoms with Gasteiger partial charge in [-0.3, -0.25) is 4.79 Å². The van der Waals surface area contributed by atoms with E-state index in [1.54, 1.807) is 6.07 Å². The van der Waals surface area contributed by atoms with Crippen LogP contribution < -0.4 is 5.73 Å². The van der Waals surface area contributed by atoms with Gasteiger partial charge in [0.05, 0.1) is 5.69 Å². The van der Waals surface area contributed by atoms with E-state index in [1.165, 1.54) is 11.3 Å². The third-order valence-electron chi connectivity index (χ3n) is 4.16. The van der Waals surface area contributed by atoms with Crippen molar-refractivity contribution in [3.8, 4) is 0 Å². The van der Waals surface area contributed by atoms with Crippen LogP contribution in [0.2, 0.25) is 5.02 Å². The molecule has 1 saturated heterocycles. The van der Waals surface area contributed by atoms with E-state index in [4.69, 9.17) is 17.3 Å². The van der Waals surface area contributed by atoms with E-state index in [-0.39, 0.29) is 5.91 Å². The summed E-state index contributed by atoms with van der Waals surface area (Å²) in [5.41, 5.74) is 6.73. The van der Waals surface area contributed by atoms with E-state index in [1.807, 2.05) is 17.0 Å². The minimum Gasteiger partial charge on any atom is -0.397 e. The van der Waals surface area contributed by atoms with Crippen molar-refractivity contribution in [2.75, 3.05) is 18.8 Å². The predicted octanol–water partition coefficient (Wildman–Crippen LogP) is 3.86. The van der Waals surface area contributed by atoms with E-state index >= 15 is 0 Å². The molecule has 0 radical (unpaired) electrons. The molecule has 1 aromatic heterocycles. The molecule has 2 unspecified atom stereocenters. The van der Waals surface area contributed by atoms with Crippen molar-refractivity contribution in [2.24, 2.45) is 11.8 Å². The molecule has 3 rings (SSSR count). The third-order valence-corrected chi connectivity index (χ3v) is 5.55.